The van der Waals surface area contributed by atoms with Crippen molar-refractivity contribution in [3.8, 4) is 5.88 Å². The molecule has 0 bridgehead atoms. The van der Waals surface area contributed by atoms with Gasteiger partial charge in [-0.25, -0.2) is 4.98 Å². The van der Waals surface area contributed by atoms with E-state index < -0.39 is 12.8 Å². The van der Waals surface area contributed by atoms with Gasteiger partial charge in [-0.1, -0.05) is 6.07 Å². The molecular formula is C10H10F3NO2. The molecule has 0 fully saturated rings. The third-order valence-electron chi connectivity index (χ3n) is 1.73. The first-order valence-electron chi connectivity index (χ1n) is 4.59. The molecular weight excluding hydrogens is 223 g/mol. The van der Waals surface area contributed by atoms with Crippen LogP contribution in [0, 0.1) is 0 Å². The maximum Gasteiger partial charge on any atom is 0.422 e. The number of aldehydes is 1. The molecule has 0 aliphatic rings. The Kier molecular flexibility index (Phi) is 4.28. The van der Waals surface area contributed by atoms with Crippen LogP contribution in [0.5, 0.6) is 5.88 Å². The van der Waals surface area contributed by atoms with Gasteiger partial charge in [-0.3, -0.25) is 0 Å². The van der Waals surface area contributed by atoms with E-state index in [1.54, 1.807) is 6.07 Å². The SMILES string of the molecule is O=CCCc1ccc(OCC(F)(F)F)nc1. The normalized spacial score (nSPS) is 11.2. The molecule has 0 spiro atoms. The summed E-state index contributed by atoms with van der Waals surface area (Å²) in [7, 11) is 0. The number of ether oxygens (including phenoxy) is 1. The third-order valence-corrected chi connectivity index (χ3v) is 1.73. The van der Waals surface area contributed by atoms with Gasteiger partial charge < -0.3 is 9.53 Å². The van der Waals surface area contributed by atoms with Crippen LogP contribution in [0.25, 0.3) is 0 Å². The Morgan fingerprint density at radius 1 is 1.38 bits per heavy atom. The van der Waals surface area contributed by atoms with Gasteiger partial charge in [0.25, 0.3) is 0 Å². The van der Waals surface area contributed by atoms with Crippen LogP contribution in [-0.4, -0.2) is 24.1 Å². The van der Waals surface area contributed by atoms with Gasteiger partial charge in [-0.15, -0.1) is 0 Å². The molecule has 1 aromatic rings. The van der Waals surface area contributed by atoms with Crippen LogP contribution in [0.4, 0.5) is 13.2 Å². The number of halogens is 3. The largest absolute Gasteiger partial charge is 0.468 e. The van der Waals surface area contributed by atoms with Crippen molar-refractivity contribution in [2.24, 2.45) is 0 Å². The molecule has 0 saturated carbocycles. The molecule has 1 heterocycles. The van der Waals surface area contributed by atoms with Gasteiger partial charge in [0, 0.05) is 18.7 Å². The molecule has 0 atom stereocenters. The molecule has 0 N–H and O–H groups in total. The Hall–Kier alpha value is -1.59. The Morgan fingerprint density at radius 2 is 2.12 bits per heavy atom. The molecule has 0 radical (unpaired) electrons. The molecule has 0 aliphatic heterocycles. The number of pyridine rings is 1. The first-order chi connectivity index (χ1) is 7.51. The lowest BCUT2D eigenvalue weighted by Gasteiger charge is -2.08. The van der Waals surface area contributed by atoms with E-state index in [1.807, 2.05) is 0 Å². The highest BCUT2D eigenvalue weighted by atomic mass is 19.4. The number of carbonyl (C=O) groups excluding carboxylic acids is 1. The second kappa shape index (κ2) is 5.48. The van der Waals surface area contributed by atoms with Gasteiger partial charge in [0.15, 0.2) is 6.61 Å². The van der Waals surface area contributed by atoms with E-state index in [0.717, 1.165) is 11.8 Å². The zero-order valence-electron chi connectivity index (χ0n) is 8.33. The fourth-order valence-corrected chi connectivity index (χ4v) is 1.03. The summed E-state index contributed by atoms with van der Waals surface area (Å²) in [5, 5.41) is 0. The van der Waals surface area contributed by atoms with E-state index in [4.69, 9.17) is 0 Å². The van der Waals surface area contributed by atoms with Gasteiger partial charge in [0.2, 0.25) is 5.88 Å². The molecule has 0 saturated heterocycles. The average molecular weight is 233 g/mol. The Balaban J connectivity index is 2.48. The second-order valence-corrected chi connectivity index (χ2v) is 3.11. The highest BCUT2D eigenvalue weighted by Gasteiger charge is 2.28. The van der Waals surface area contributed by atoms with Crippen LogP contribution >= 0.6 is 0 Å². The van der Waals surface area contributed by atoms with Crippen LogP contribution in [0.2, 0.25) is 0 Å². The fraction of sp³-hybridized carbons (Fsp3) is 0.400. The summed E-state index contributed by atoms with van der Waals surface area (Å²) in [6.07, 6.45) is -1.30. The number of rotatable bonds is 5. The number of aryl methyl sites for hydroxylation is 1. The smallest absolute Gasteiger partial charge is 0.422 e. The summed E-state index contributed by atoms with van der Waals surface area (Å²) in [5.74, 6) is -0.0767. The minimum atomic E-state index is -4.36. The van der Waals surface area contributed by atoms with Crippen LogP contribution in [0.3, 0.4) is 0 Å². The lowest BCUT2D eigenvalue weighted by molar-refractivity contribution is -0.154. The molecule has 6 heteroatoms. The second-order valence-electron chi connectivity index (χ2n) is 3.11. The van der Waals surface area contributed by atoms with Crippen molar-refractivity contribution in [1.82, 2.24) is 4.98 Å². The van der Waals surface area contributed by atoms with Crippen LogP contribution in [0.1, 0.15) is 12.0 Å². The van der Waals surface area contributed by atoms with Crippen LogP contribution in [0.15, 0.2) is 18.3 Å². The predicted molar refractivity (Wildman–Crippen MR) is 50.2 cm³/mol. The number of alkyl halides is 3. The van der Waals surface area contributed by atoms with Crippen molar-refractivity contribution in [1.29, 1.82) is 0 Å². The maximum absolute atomic E-state index is 11.8. The third kappa shape index (κ3) is 4.77. The molecule has 88 valence electrons. The standard InChI is InChI=1S/C10H10F3NO2/c11-10(12,13)7-16-9-4-3-8(6-14-9)2-1-5-15/h3-6H,1-2,7H2. The van der Waals surface area contributed by atoms with Gasteiger partial charge in [0.05, 0.1) is 0 Å². The van der Waals surface area contributed by atoms with E-state index >= 15 is 0 Å². The molecule has 0 unspecified atom stereocenters. The number of aromatic nitrogens is 1. The lowest BCUT2D eigenvalue weighted by atomic mass is 10.2. The summed E-state index contributed by atoms with van der Waals surface area (Å²) in [4.78, 5) is 13.8. The Bertz CT molecular complexity index is 335. The molecule has 0 aliphatic carbocycles. The predicted octanol–water partition coefficient (Wildman–Crippen LogP) is 2.15. The summed E-state index contributed by atoms with van der Waals surface area (Å²) < 4.78 is 39.8. The summed E-state index contributed by atoms with van der Waals surface area (Å²) >= 11 is 0. The molecule has 1 aromatic heterocycles. The first kappa shape index (κ1) is 12.5. The summed E-state index contributed by atoms with van der Waals surface area (Å²) in [5.41, 5.74) is 0.784. The highest BCUT2D eigenvalue weighted by molar-refractivity contribution is 5.49. The Morgan fingerprint density at radius 3 is 2.62 bits per heavy atom. The van der Waals surface area contributed by atoms with Crippen LogP contribution < -0.4 is 4.74 Å². The molecule has 3 nitrogen and oxygen atoms in total. The van der Waals surface area contributed by atoms with E-state index in [9.17, 15) is 18.0 Å². The average Bonchev–Trinajstić information content (AvgIpc) is 2.24. The van der Waals surface area contributed by atoms with E-state index in [0.29, 0.717) is 12.8 Å². The van der Waals surface area contributed by atoms with E-state index in [-0.39, 0.29) is 5.88 Å². The van der Waals surface area contributed by atoms with Crippen molar-refractivity contribution in [3.63, 3.8) is 0 Å². The summed E-state index contributed by atoms with van der Waals surface area (Å²) in [6, 6.07) is 2.94. The fourth-order valence-electron chi connectivity index (χ4n) is 1.03. The summed E-state index contributed by atoms with van der Waals surface area (Å²) in [6.45, 7) is -1.35. The first-order valence-corrected chi connectivity index (χ1v) is 4.59. The van der Waals surface area contributed by atoms with Gasteiger partial charge in [-0.05, 0) is 12.0 Å². The number of nitrogens with zero attached hydrogens (tertiary/aromatic N) is 1. The van der Waals surface area contributed by atoms with Crippen molar-refractivity contribution < 1.29 is 22.7 Å². The molecule has 16 heavy (non-hydrogen) atoms. The maximum atomic E-state index is 11.8. The van der Waals surface area contributed by atoms with Gasteiger partial charge in [-0.2, -0.15) is 13.2 Å². The monoisotopic (exact) mass is 233 g/mol. The van der Waals surface area contributed by atoms with Gasteiger partial charge in [0.1, 0.15) is 6.29 Å². The van der Waals surface area contributed by atoms with E-state index in [2.05, 4.69) is 9.72 Å². The van der Waals surface area contributed by atoms with Crippen LogP contribution in [-0.2, 0) is 11.2 Å². The number of carbonyl (C=O) groups is 1. The highest BCUT2D eigenvalue weighted by Crippen LogP contribution is 2.17. The van der Waals surface area contributed by atoms with Crippen molar-refractivity contribution in [2.45, 2.75) is 19.0 Å². The molecule has 0 aromatic carbocycles. The molecule has 1 rings (SSSR count). The van der Waals surface area contributed by atoms with Crippen molar-refractivity contribution in [2.75, 3.05) is 6.61 Å². The number of hydrogen-bond donors (Lipinski definition) is 0. The Labute approximate surface area is 90.2 Å². The van der Waals surface area contributed by atoms with Crippen molar-refractivity contribution >= 4 is 6.29 Å². The lowest BCUT2D eigenvalue weighted by Crippen LogP contribution is -2.19. The minimum Gasteiger partial charge on any atom is -0.468 e. The molecule has 0 amide bonds. The minimum absolute atomic E-state index is 0.0767. The zero-order valence-corrected chi connectivity index (χ0v) is 8.33. The topological polar surface area (TPSA) is 39.2 Å². The van der Waals surface area contributed by atoms with Crippen molar-refractivity contribution in [3.05, 3.63) is 23.9 Å². The van der Waals surface area contributed by atoms with E-state index in [1.165, 1.54) is 12.3 Å². The zero-order chi connectivity index (χ0) is 12.0. The number of hydrogen-bond acceptors (Lipinski definition) is 3. The quantitative estimate of drug-likeness (QED) is 0.731. The van der Waals surface area contributed by atoms with Gasteiger partial charge >= 0.3 is 6.18 Å².